The Hall–Kier alpha value is -1.59. The Labute approximate surface area is 101 Å². The van der Waals surface area contributed by atoms with Crippen LogP contribution >= 0.6 is 0 Å². The molecule has 1 unspecified atom stereocenters. The van der Waals surface area contributed by atoms with Crippen LogP contribution in [0.1, 0.15) is 30.3 Å². The standard InChI is InChI=1S/C12H18N4O/c1-3-16-7-6-14-12(16)8-10(15-13)11-5-4-9(2)17-11/h4-7,10,15H,3,8,13H2,1-2H3. The summed E-state index contributed by atoms with van der Waals surface area (Å²) in [7, 11) is 0. The van der Waals surface area contributed by atoms with E-state index in [9.17, 15) is 0 Å². The number of rotatable bonds is 5. The number of hydrogen-bond donors (Lipinski definition) is 2. The summed E-state index contributed by atoms with van der Waals surface area (Å²) in [6.45, 7) is 4.92. The van der Waals surface area contributed by atoms with Gasteiger partial charge in [-0.1, -0.05) is 0 Å². The lowest BCUT2D eigenvalue weighted by molar-refractivity contribution is 0.396. The number of imidazole rings is 1. The molecule has 0 aliphatic carbocycles. The number of nitrogens with zero attached hydrogens (tertiary/aromatic N) is 2. The van der Waals surface area contributed by atoms with Gasteiger partial charge in [0.1, 0.15) is 17.3 Å². The normalized spacial score (nSPS) is 12.9. The zero-order chi connectivity index (χ0) is 12.3. The number of nitrogens with one attached hydrogen (secondary N) is 1. The van der Waals surface area contributed by atoms with Crippen LogP contribution < -0.4 is 11.3 Å². The van der Waals surface area contributed by atoms with E-state index in [4.69, 9.17) is 10.3 Å². The van der Waals surface area contributed by atoms with Crippen molar-refractivity contribution in [1.29, 1.82) is 0 Å². The molecular weight excluding hydrogens is 216 g/mol. The molecule has 0 aliphatic rings. The van der Waals surface area contributed by atoms with Crippen LogP contribution in [-0.2, 0) is 13.0 Å². The van der Waals surface area contributed by atoms with Crippen molar-refractivity contribution >= 4 is 0 Å². The molecule has 0 aromatic carbocycles. The third-order valence-electron chi connectivity index (χ3n) is 2.83. The van der Waals surface area contributed by atoms with E-state index >= 15 is 0 Å². The molecule has 0 amide bonds. The van der Waals surface area contributed by atoms with Gasteiger partial charge >= 0.3 is 0 Å². The molecule has 0 fully saturated rings. The Morgan fingerprint density at radius 2 is 2.35 bits per heavy atom. The van der Waals surface area contributed by atoms with E-state index in [2.05, 4.69) is 21.9 Å². The van der Waals surface area contributed by atoms with Gasteiger partial charge in [-0.2, -0.15) is 0 Å². The topological polar surface area (TPSA) is 69.0 Å². The summed E-state index contributed by atoms with van der Waals surface area (Å²) in [5.74, 6) is 8.31. The Balaban J connectivity index is 2.15. The molecule has 2 heterocycles. The van der Waals surface area contributed by atoms with Crippen LogP contribution in [0.3, 0.4) is 0 Å². The number of aromatic nitrogens is 2. The minimum atomic E-state index is -0.0450. The maximum Gasteiger partial charge on any atom is 0.122 e. The molecule has 2 rings (SSSR count). The Morgan fingerprint density at radius 1 is 1.53 bits per heavy atom. The fourth-order valence-corrected chi connectivity index (χ4v) is 1.88. The summed E-state index contributed by atoms with van der Waals surface area (Å²) < 4.78 is 7.68. The van der Waals surface area contributed by atoms with E-state index in [-0.39, 0.29) is 6.04 Å². The molecule has 0 radical (unpaired) electrons. The summed E-state index contributed by atoms with van der Waals surface area (Å²) in [4.78, 5) is 4.33. The predicted octanol–water partition coefficient (Wildman–Crippen LogP) is 1.55. The maximum atomic E-state index is 5.58. The van der Waals surface area contributed by atoms with Crippen molar-refractivity contribution in [3.8, 4) is 0 Å². The van der Waals surface area contributed by atoms with Crippen LogP contribution in [0.5, 0.6) is 0 Å². The first-order valence-corrected chi connectivity index (χ1v) is 5.77. The van der Waals surface area contributed by atoms with Crippen molar-refractivity contribution in [2.45, 2.75) is 32.9 Å². The monoisotopic (exact) mass is 234 g/mol. The Morgan fingerprint density at radius 3 is 2.94 bits per heavy atom. The number of hydrazine groups is 1. The van der Waals surface area contributed by atoms with Gasteiger partial charge in [0.05, 0.1) is 6.04 Å². The van der Waals surface area contributed by atoms with Gasteiger partial charge < -0.3 is 8.98 Å². The fraction of sp³-hybridized carbons (Fsp3) is 0.417. The highest BCUT2D eigenvalue weighted by Gasteiger charge is 2.16. The summed E-state index contributed by atoms with van der Waals surface area (Å²) in [6, 6.07) is 3.84. The second-order valence-corrected chi connectivity index (χ2v) is 4.00. The molecule has 0 spiro atoms. The summed E-state index contributed by atoms with van der Waals surface area (Å²) in [5.41, 5.74) is 2.77. The molecule has 5 heteroatoms. The number of furan rings is 1. The van der Waals surface area contributed by atoms with Crippen LogP contribution in [0.15, 0.2) is 28.9 Å². The molecule has 1 atom stereocenters. The molecule has 17 heavy (non-hydrogen) atoms. The van der Waals surface area contributed by atoms with E-state index in [1.807, 2.05) is 25.3 Å². The number of aryl methyl sites for hydroxylation is 2. The van der Waals surface area contributed by atoms with E-state index < -0.39 is 0 Å². The van der Waals surface area contributed by atoms with Crippen LogP contribution in [0, 0.1) is 6.92 Å². The second-order valence-electron chi connectivity index (χ2n) is 4.00. The molecule has 0 aliphatic heterocycles. The number of hydrogen-bond acceptors (Lipinski definition) is 4. The van der Waals surface area contributed by atoms with Crippen molar-refractivity contribution in [3.05, 3.63) is 41.9 Å². The zero-order valence-corrected chi connectivity index (χ0v) is 10.2. The molecule has 2 aromatic heterocycles. The molecule has 2 aromatic rings. The van der Waals surface area contributed by atoms with Crippen molar-refractivity contribution in [3.63, 3.8) is 0 Å². The van der Waals surface area contributed by atoms with E-state index in [0.717, 1.165) is 23.9 Å². The highest BCUT2D eigenvalue weighted by atomic mass is 16.3. The first-order chi connectivity index (χ1) is 8.24. The third kappa shape index (κ3) is 2.57. The average molecular weight is 234 g/mol. The van der Waals surface area contributed by atoms with Crippen LogP contribution in [0.4, 0.5) is 0 Å². The van der Waals surface area contributed by atoms with Crippen LogP contribution in [0.2, 0.25) is 0 Å². The van der Waals surface area contributed by atoms with Gasteiger partial charge in [0.2, 0.25) is 0 Å². The largest absolute Gasteiger partial charge is 0.465 e. The summed E-state index contributed by atoms with van der Waals surface area (Å²) in [6.07, 6.45) is 4.49. The molecule has 0 bridgehead atoms. The first kappa shape index (κ1) is 11.9. The minimum Gasteiger partial charge on any atom is -0.465 e. The molecule has 0 saturated heterocycles. The van der Waals surface area contributed by atoms with E-state index in [1.165, 1.54) is 0 Å². The van der Waals surface area contributed by atoms with Crippen molar-refractivity contribution in [1.82, 2.24) is 15.0 Å². The average Bonchev–Trinajstić information content (AvgIpc) is 2.94. The Bertz CT molecular complexity index is 474. The molecular formula is C12H18N4O. The summed E-state index contributed by atoms with van der Waals surface area (Å²) in [5, 5.41) is 0. The van der Waals surface area contributed by atoms with Crippen molar-refractivity contribution < 1.29 is 4.42 Å². The highest BCUT2D eigenvalue weighted by Crippen LogP contribution is 2.19. The fourth-order valence-electron chi connectivity index (χ4n) is 1.88. The summed E-state index contributed by atoms with van der Waals surface area (Å²) >= 11 is 0. The molecule has 0 saturated carbocycles. The smallest absolute Gasteiger partial charge is 0.122 e. The van der Waals surface area contributed by atoms with Crippen molar-refractivity contribution in [2.24, 2.45) is 5.84 Å². The second kappa shape index (κ2) is 5.16. The highest BCUT2D eigenvalue weighted by molar-refractivity contribution is 5.11. The quantitative estimate of drug-likeness (QED) is 0.608. The third-order valence-corrected chi connectivity index (χ3v) is 2.83. The lowest BCUT2D eigenvalue weighted by atomic mass is 10.1. The number of nitrogens with two attached hydrogens (primary N) is 1. The van der Waals surface area contributed by atoms with Gasteiger partial charge in [-0.3, -0.25) is 5.84 Å². The Kier molecular flexibility index (Phi) is 3.61. The van der Waals surface area contributed by atoms with Gasteiger partial charge in [-0.25, -0.2) is 10.4 Å². The molecule has 3 N–H and O–H groups in total. The first-order valence-electron chi connectivity index (χ1n) is 5.77. The van der Waals surface area contributed by atoms with Gasteiger partial charge in [-0.15, -0.1) is 0 Å². The van der Waals surface area contributed by atoms with Crippen LogP contribution in [-0.4, -0.2) is 9.55 Å². The van der Waals surface area contributed by atoms with Gasteiger partial charge in [-0.05, 0) is 26.0 Å². The van der Waals surface area contributed by atoms with E-state index in [0.29, 0.717) is 6.42 Å². The SMILES string of the molecule is CCn1ccnc1CC(NN)c1ccc(C)o1. The molecule has 5 nitrogen and oxygen atoms in total. The predicted molar refractivity (Wildman–Crippen MR) is 65.1 cm³/mol. The van der Waals surface area contributed by atoms with Gasteiger partial charge in [0.15, 0.2) is 0 Å². The van der Waals surface area contributed by atoms with Gasteiger partial charge in [0, 0.05) is 25.4 Å². The lowest BCUT2D eigenvalue weighted by Crippen LogP contribution is -2.30. The van der Waals surface area contributed by atoms with Crippen LogP contribution in [0.25, 0.3) is 0 Å². The van der Waals surface area contributed by atoms with Gasteiger partial charge in [0.25, 0.3) is 0 Å². The lowest BCUT2D eigenvalue weighted by Gasteiger charge is -2.13. The minimum absolute atomic E-state index is 0.0450. The van der Waals surface area contributed by atoms with Crippen molar-refractivity contribution in [2.75, 3.05) is 0 Å². The molecule has 92 valence electrons. The maximum absolute atomic E-state index is 5.58. The zero-order valence-electron chi connectivity index (χ0n) is 10.2. The van der Waals surface area contributed by atoms with E-state index in [1.54, 1.807) is 6.20 Å².